The summed E-state index contributed by atoms with van der Waals surface area (Å²) in [5.74, 6) is 0. The number of hydrogen-bond acceptors (Lipinski definition) is 3. The molecule has 2 rings (SSSR count). The van der Waals surface area contributed by atoms with Crippen LogP contribution < -0.4 is 10.6 Å². The van der Waals surface area contributed by atoms with Crippen LogP contribution in [0.5, 0.6) is 0 Å². The zero-order valence-corrected chi connectivity index (χ0v) is 9.32. The fourth-order valence-electron chi connectivity index (χ4n) is 1.64. The Bertz CT molecular complexity index is 375. The van der Waals surface area contributed by atoms with Crippen LogP contribution in [0.3, 0.4) is 0 Å². The van der Waals surface area contributed by atoms with E-state index in [9.17, 15) is 4.79 Å². The number of ether oxygens (including phenoxy) is 1. The maximum atomic E-state index is 11.0. The van der Waals surface area contributed by atoms with Crippen molar-refractivity contribution in [2.24, 2.45) is 0 Å². The third-order valence-electron chi connectivity index (χ3n) is 2.77. The average Bonchev–Trinajstić information content (AvgIpc) is 2.24. The van der Waals surface area contributed by atoms with E-state index in [4.69, 9.17) is 0 Å². The van der Waals surface area contributed by atoms with Crippen LogP contribution >= 0.6 is 0 Å². The van der Waals surface area contributed by atoms with Crippen molar-refractivity contribution in [3.05, 3.63) is 24.3 Å². The normalized spacial score (nSPS) is 15.1. The van der Waals surface area contributed by atoms with Gasteiger partial charge in [-0.15, -0.1) is 0 Å². The average molecular weight is 220 g/mol. The lowest BCUT2D eigenvalue weighted by molar-refractivity contribution is 0.187. The van der Waals surface area contributed by atoms with E-state index in [2.05, 4.69) is 15.4 Å². The van der Waals surface area contributed by atoms with Crippen molar-refractivity contribution in [1.29, 1.82) is 0 Å². The zero-order valence-electron chi connectivity index (χ0n) is 9.32. The molecule has 1 aliphatic rings. The predicted molar refractivity (Wildman–Crippen MR) is 63.7 cm³/mol. The first-order chi connectivity index (χ1) is 7.78. The summed E-state index contributed by atoms with van der Waals surface area (Å²) in [6.45, 7) is 0. The standard InChI is InChI=1S/C12H16N2O2/c1-16-12(15)14-11-7-3-6-10(8-11)13-9-4-2-5-9/h3,6-9,13H,2,4-5H2,1H3,(H,14,15). The van der Waals surface area contributed by atoms with Crippen molar-refractivity contribution < 1.29 is 9.53 Å². The SMILES string of the molecule is COC(=O)Nc1cccc(NC2CCC2)c1. The Morgan fingerprint density at radius 3 is 2.75 bits per heavy atom. The van der Waals surface area contributed by atoms with Crippen LogP contribution in [0, 0.1) is 0 Å². The number of methoxy groups -OCH3 is 1. The van der Waals surface area contributed by atoms with Crippen molar-refractivity contribution in [2.75, 3.05) is 17.7 Å². The van der Waals surface area contributed by atoms with Gasteiger partial charge in [0.2, 0.25) is 0 Å². The molecule has 0 aromatic heterocycles. The summed E-state index contributed by atoms with van der Waals surface area (Å²) in [6, 6.07) is 8.25. The molecule has 4 heteroatoms. The molecular weight excluding hydrogens is 204 g/mol. The molecule has 0 unspecified atom stereocenters. The molecule has 1 aliphatic carbocycles. The van der Waals surface area contributed by atoms with Crippen LogP contribution in [0.25, 0.3) is 0 Å². The Labute approximate surface area is 95.0 Å². The fraction of sp³-hybridized carbons (Fsp3) is 0.417. The maximum Gasteiger partial charge on any atom is 0.411 e. The molecule has 2 N–H and O–H groups in total. The molecule has 1 fully saturated rings. The van der Waals surface area contributed by atoms with Gasteiger partial charge in [-0.3, -0.25) is 5.32 Å². The molecule has 16 heavy (non-hydrogen) atoms. The van der Waals surface area contributed by atoms with E-state index >= 15 is 0 Å². The molecule has 1 saturated carbocycles. The summed E-state index contributed by atoms with van der Waals surface area (Å²) in [7, 11) is 1.35. The smallest absolute Gasteiger partial charge is 0.411 e. The van der Waals surface area contributed by atoms with Crippen LogP contribution in [0.15, 0.2) is 24.3 Å². The molecule has 0 spiro atoms. The van der Waals surface area contributed by atoms with Crippen molar-refractivity contribution in [1.82, 2.24) is 0 Å². The second-order valence-electron chi connectivity index (χ2n) is 3.97. The number of benzene rings is 1. The van der Waals surface area contributed by atoms with Crippen LogP contribution in [0.4, 0.5) is 16.2 Å². The Balaban J connectivity index is 1.97. The fourth-order valence-corrected chi connectivity index (χ4v) is 1.64. The molecule has 0 bridgehead atoms. The van der Waals surface area contributed by atoms with Gasteiger partial charge in [0.15, 0.2) is 0 Å². The lowest BCUT2D eigenvalue weighted by Gasteiger charge is -2.27. The third-order valence-corrected chi connectivity index (χ3v) is 2.77. The maximum absolute atomic E-state index is 11.0. The lowest BCUT2D eigenvalue weighted by Crippen LogP contribution is -2.26. The quantitative estimate of drug-likeness (QED) is 0.823. The van der Waals surface area contributed by atoms with E-state index in [1.54, 1.807) is 0 Å². The van der Waals surface area contributed by atoms with Gasteiger partial charge in [0.25, 0.3) is 0 Å². The lowest BCUT2D eigenvalue weighted by atomic mass is 9.93. The summed E-state index contributed by atoms with van der Waals surface area (Å²) >= 11 is 0. The molecule has 0 atom stereocenters. The number of nitrogens with one attached hydrogen (secondary N) is 2. The number of carbonyl (C=O) groups is 1. The molecule has 0 saturated heterocycles. The minimum absolute atomic E-state index is 0.444. The Morgan fingerprint density at radius 2 is 2.12 bits per heavy atom. The van der Waals surface area contributed by atoms with Gasteiger partial charge in [-0.05, 0) is 37.5 Å². The first kappa shape index (κ1) is 10.8. The number of anilines is 2. The van der Waals surface area contributed by atoms with Gasteiger partial charge in [0.1, 0.15) is 0 Å². The van der Waals surface area contributed by atoms with Crippen molar-refractivity contribution in [2.45, 2.75) is 25.3 Å². The number of rotatable bonds is 3. The van der Waals surface area contributed by atoms with E-state index in [-0.39, 0.29) is 0 Å². The minimum Gasteiger partial charge on any atom is -0.453 e. The summed E-state index contributed by atoms with van der Waals surface area (Å²) in [5, 5.41) is 6.06. The molecule has 4 nitrogen and oxygen atoms in total. The first-order valence-electron chi connectivity index (χ1n) is 5.49. The molecule has 1 amide bonds. The Morgan fingerprint density at radius 1 is 1.38 bits per heavy atom. The van der Waals surface area contributed by atoms with E-state index in [1.165, 1.54) is 26.4 Å². The summed E-state index contributed by atoms with van der Waals surface area (Å²) in [6.07, 6.45) is 3.32. The highest BCUT2D eigenvalue weighted by molar-refractivity contribution is 5.85. The topological polar surface area (TPSA) is 50.4 Å². The van der Waals surface area contributed by atoms with E-state index < -0.39 is 6.09 Å². The highest BCUT2D eigenvalue weighted by Crippen LogP contribution is 2.24. The zero-order chi connectivity index (χ0) is 11.4. The summed E-state index contributed by atoms with van der Waals surface area (Å²) in [4.78, 5) is 11.0. The summed E-state index contributed by atoms with van der Waals surface area (Å²) in [5.41, 5.74) is 1.79. The van der Waals surface area contributed by atoms with Crippen molar-refractivity contribution in [3.63, 3.8) is 0 Å². The third kappa shape index (κ3) is 2.66. The highest BCUT2D eigenvalue weighted by Gasteiger charge is 2.16. The van der Waals surface area contributed by atoms with Gasteiger partial charge >= 0.3 is 6.09 Å². The molecule has 0 radical (unpaired) electrons. The van der Waals surface area contributed by atoms with Gasteiger partial charge in [0.05, 0.1) is 7.11 Å². The highest BCUT2D eigenvalue weighted by atomic mass is 16.5. The molecule has 0 aliphatic heterocycles. The van der Waals surface area contributed by atoms with Crippen LogP contribution in [0.1, 0.15) is 19.3 Å². The van der Waals surface area contributed by atoms with E-state index in [0.717, 1.165) is 11.4 Å². The first-order valence-corrected chi connectivity index (χ1v) is 5.49. The monoisotopic (exact) mass is 220 g/mol. The second-order valence-corrected chi connectivity index (χ2v) is 3.97. The second kappa shape index (κ2) is 4.88. The van der Waals surface area contributed by atoms with Gasteiger partial charge < -0.3 is 10.1 Å². The number of carbonyl (C=O) groups excluding carboxylic acids is 1. The van der Waals surface area contributed by atoms with Gasteiger partial charge in [0, 0.05) is 17.4 Å². The molecule has 0 heterocycles. The largest absolute Gasteiger partial charge is 0.453 e. The van der Waals surface area contributed by atoms with Crippen LogP contribution in [-0.2, 0) is 4.74 Å². The van der Waals surface area contributed by atoms with E-state index in [0.29, 0.717) is 6.04 Å². The number of hydrogen-bond donors (Lipinski definition) is 2. The minimum atomic E-state index is -0.444. The van der Waals surface area contributed by atoms with Crippen LogP contribution in [-0.4, -0.2) is 19.2 Å². The van der Waals surface area contributed by atoms with Crippen LogP contribution in [0.2, 0.25) is 0 Å². The van der Waals surface area contributed by atoms with Crippen molar-refractivity contribution in [3.8, 4) is 0 Å². The molecular formula is C12H16N2O2. The Kier molecular flexibility index (Phi) is 3.29. The Hall–Kier alpha value is -1.71. The van der Waals surface area contributed by atoms with Gasteiger partial charge in [-0.1, -0.05) is 6.07 Å². The summed E-state index contributed by atoms with van der Waals surface area (Å²) < 4.78 is 4.54. The predicted octanol–water partition coefficient (Wildman–Crippen LogP) is 2.83. The van der Waals surface area contributed by atoms with E-state index in [1.807, 2.05) is 24.3 Å². The molecule has 86 valence electrons. The molecule has 1 aromatic carbocycles. The number of amides is 1. The van der Waals surface area contributed by atoms with Crippen molar-refractivity contribution >= 4 is 17.5 Å². The van der Waals surface area contributed by atoms with Gasteiger partial charge in [-0.2, -0.15) is 0 Å². The molecule has 1 aromatic rings. The van der Waals surface area contributed by atoms with Gasteiger partial charge in [-0.25, -0.2) is 4.79 Å².